The van der Waals surface area contributed by atoms with E-state index in [2.05, 4.69) is 27.5 Å². The summed E-state index contributed by atoms with van der Waals surface area (Å²) in [6.07, 6.45) is 4.42. The van der Waals surface area contributed by atoms with Crippen molar-refractivity contribution in [1.82, 2.24) is 15.3 Å². The Balaban J connectivity index is 2.00. The smallest absolute Gasteiger partial charge is 0.223 e. The van der Waals surface area contributed by atoms with Crippen molar-refractivity contribution in [1.29, 1.82) is 0 Å². The predicted molar refractivity (Wildman–Crippen MR) is 60.8 cm³/mol. The number of nitrogens with zero attached hydrogens (tertiary/aromatic N) is 2. The second-order valence-corrected chi connectivity index (χ2v) is 4.00. The summed E-state index contributed by atoms with van der Waals surface area (Å²) in [4.78, 5) is 8.75. The predicted octanol–water partition coefficient (Wildman–Crippen LogP) is 1.47. The minimum atomic E-state index is 0.615. The number of aromatic nitrogens is 2. The zero-order chi connectivity index (χ0) is 10.7. The van der Waals surface area contributed by atoms with E-state index in [-0.39, 0.29) is 0 Å². The third-order valence-corrected chi connectivity index (χ3v) is 2.56. The Morgan fingerprint density at radius 3 is 2.87 bits per heavy atom. The van der Waals surface area contributed by atoms with Gasteiger partial charge in [-0.1, -0.05) is 6.92 Å². The van der Waals surface area contributed by atoms with E-state index in [0.717, 1.165) is 24.7 Å². The molecule has 0 unspecified atom stereocenters. The Morgan fingerprint density at radius 1 is 1.47 bits per heavy atom. The molecule has 0 spiro atoms. The maximum Gasteiger partial charge on any atom is 0.223 e. The van der Waals surface area contributed by atoms with Crippen LogP contribution in [0.25, 0.3) is 0 Å². The van der Waals surface area contributed by atoms with E-state index in [0.29, 0.717) is 6.04 Å². The van der Waals surface area contributed by atoms with Crippen molar-refractivity contribution >= 4 is 5.95 Å². The molecule has 0 atom stereocenters. The summed E-state index contributed by atoms with van der Waals surface area (Å²) >= 11 is 0. The van der Waals surface area contributed by atoms with Crippen molar-refractivity contribution in [2.75, 3.05) is 11.9 Å². The van der Waals surface area contributed by atoms with Gasteiger partial charge in [0.05, 0.1) is 0 Å². The maximum atomic E-state index is 4.44. The van der Waals surface area contributed by atoms with E-state index in [4.69, 9.17) is 0 Å². The average molecular weight is 206 g/mol. The van der Waals surface area contributed by atoms with Crippen LogP contribution in [0.5, 0.6) is 0 Å². The molecule has 1 aliphatic carbocycles. The highest BCUT2D eigenvalue weighted by Gasteiger charge is 2.21. The first-order chi connectivity index (χ1) is 7.29. The van der Waals surface area contributed by atoms with E-state index in [9.17, 15) is 0 Å². The monoisotopic (exact) mass is 206 g/mol. The third-order valence-electron chi connectivity index (χ3n) is 2.56. The Kier molecular flexibility index (Phi) is 3.16. The Hall–Kier alpha value is -1.16. The van der Waals surface area contributed by atoms with Gasteiger partial charge in [-0.05, 0) is 26.3 Å². The molecule has 1 fully saturated rings. The fourth-order valence-corrected chi connectivity index (χ4v) is 1.41. The summed E-state index contributed by atoms with van der Waals surface area (Å²) < 4.78 is 0. The van der Waals surface area contributed by atoms with Crippen molar-refractivity contribution in [3.63, 3.8) is 0 Å². The summed E-state index contributed by atoms with van der Waals surface area (Å²) in [5.74, 6) is 0.773. The van der Waals surface area contributed by atoms with Crippen LogP contribution in [0, 0.1) is 6.92 Å². The SMILES string of the molecule is CCNCc1cnc(NC2CC2)nc1C. The van der Waals surface area contributed by atoms with Crippen LogP contribution in [0.15, 0.2) is 6.20 Å². The molecule has 1 aromatic rings. The number of hydrogen-bond donors (Lipinski definition) is 2. The molecule has 1 heterocycles. The van der Waals surface area contributed by atoms with Gasteiger partial charge in [0, 0.05) is 30.0 Å². The normalized spacial score (nSPS) is 15.3. The van der Waals surface area contributed by atoms with Crippen molar-refractivity contribution in [3.8, 4) is 0 Å². The van der Waals surface area contributed by atoms with Gasteiger partial charge in [0.2, 0.25) is 5.95 Å². The Labute approximate surface area is 90.5 Å². The quantitative estimate of drug-likeness (QED) is 0.766. The van der Waals surface area contributed by atoms with Gasteiger partial charge in [-0.15, -0.1) is 0 Å². The van der Waals surface area contributed by atoms with Crippen LogP contribution in [-0.4, -0.2) is 22.6 Å². The highest BCUT2D eigenvalue weighted by Crippen LogP contribution is 2.22. The molecule has 0 amide bonds. The minimum absolute atomic E-state index is 0.615. The van der Waals surface area contributed by atoms with E-state index < -0.39 is 0 Å². The number of hydrogen-bond acceptors (Lipinski definition) is 4. The molecule has 2 rings (SSSR count). The molecule has 15 heavy (non-hydrogen) atoms. The fourth-order valence-electron chi connectivity index (χ4n) is 1.41. The van der Waals surface area contributed by atoms with E-state index in [1.54, 1.807) is 0 Å². The molecule has 0 aliphatic heterocycles. The zero-order valence-corrected chi connectivity index (χ0v) is 9.38. The minimum Gasteiger partial charge on any atom is -0.351 e. The third kappa shape index (κ3) is 2.89. The summed E-state index contributed by atoms with van der Waals surface area (Å²) in [5.41, 5.74) is 2.24. The first-order valence-electron chi connectivity index (χ1n) is 5.59. The van der Waals surface area contributed by atoms with Crippen LogP contribution in [0.3, 0.4) is 0 Å². The van der Waals surface area contributed by atoms with Crippen LogP contribution < -0.4 is 10.6 Å². The highest BCUT2D eigenvalue weighted by molar-refractivity contribution is 5.31. The van der Waals surface area contributed by atoms with Gasteiger partial charge >= 0.3 is 0 Å². The first-order valence-corrected chi connectivity index (χ1v) is 5.59. The first kappa shape index (κ1) is 10.4. The van der Waals surface area contributed by atoms with E-state index >= 15 is 0 Å². The zero-order valence-electron chi connectivity index (χ0n) is 9.38. The van der Waals surface area contributed by atoms with Crippen molar-refractivity contribution in [3.05, 3.63) is 17.5 Å². The van der Waals surface area contributed by atoms with Crippen molar-refractivity contribution in [2.24, 2.45) is 0 Å². The molecular formula is C11H18N4. The van der Waals surface area contributed by atoms with Crippen LogP contribution in [-0.2, 0) is 6.54 Å². The van der Waals surface area contributed by atoms with Gasteiger partial charge < -0.3 is 10.6 Å². The molecular weight excluding hydrogens is 188 g/mol. The van der Waals surface area contributed by atoms with Gasteiger partial charge in [0.25, 0.3) is 0 Å². The maximum absolute atomic E-state index is 4.44. The van der Waals surface area contributed by atoms with E-state index in [1.807, 2.05) is 13.1 Å². The van der Waals surface area contributed by atoms with Crippen LogP contribution in [0.2, 0.25) is 0 Å². The van der Waals surface area contributed by atoms with Crippen molar-refractivity contribution < 1.29 is 0 Å². The van der Waals surface area contributed by atoms with Crippen LogP contribution in [0.1, 0.15) is 31.0 Å². The van der Waals surface area contributed by atoms with Gasteiger partial charge in [0.15, 0.2) is 0 Å². The molecule has 1 aliphatic rings. The lowest BCUT2D eigenvalue weighted by molar-refractivity contribution is 0.716. The Morgan fingerprint density at radius 2 is 2.27 bits per heavy atom. The molecule has 1 saturated carbocycles. The van der Waals surface area contributed by atoms with E-state index in [1.165, 1.54) is 18.4 Å². The molecule has 0 radical (unpaired) electrons. The molecule has 0 aromatic carbocycles. The number of anilines is 1. The number of rotatable bonds is 5. The Bertz CT molecular complexity index is 333. The van der Waals surface area contributed by atoms with Gasteiger partial charge in [-0.3, -0.25) is 0 Å². The summed E-state index contributed by atoms with van der Waals surface area (Å²) in [5, 5.41) is 6.57. The largest absolute Gasteiger partial charge is 0.351 e. The lowest BCUT2D eigenvalue weighted by atomic mass is 10.2. The van der Waals surface area contributed by atoms with Crippen LogP contribution in [0.4, 0.5) is 5.95 Å². The molecule has 4 heteroatoms. The highest BCUT2D eigenvalue weighted by atomic mass is 15.1. The molecule has 82 valence electrons. The second kappa shape index (κ2) is 4.57. The summed E-state index contributed by atoms with van der Waals surface area (Å²) in [6, 6.07) is 0.615. The van der Waals surface area contributed by atoms with Crippen LogP contribution >= 0.6 is 0 Å². The van der Waals surface area contributed by atoms with Gasteiger partial charge in [-0.25, -0.2) is 9.97 Å². The summed E-state index contributed by atoms with van der Waals surface area (Å²) in [6.45, 7) is 5.96. The average Bonchev–Trinajstić information content (AvgIpc) is 3.01. The molecule has 0 bridgehead atoms. The molecule has 2 N–H and O–H groups in total. The lowest BCUT2D eigenvalue weighted by Gasteiger charge is -2.08. The molecule has 0 saturated heterocycles. The molecule has 4 nitrogen and oxygen atoms in total. The van der Waals surface area contributed by atoms with Crippen molar-refractivity contribution in [2.45, 2.75) is 39.3 Å². The van der Waals surface area contributed by atoms with Gasteiger partial charge in [-0.2, -0.15) is 0 Å². The summed E-state index contributed by atoms with van der Waals surface area (Å²) in [7, 11) is 0. The number of aryl methyl sites for hydroxylation is 1. The lowest BCUT2D eigenvalue weighted by Crippen LogP contribution is -2.14. The van der Waals surface area contributed by atoms with Gasteiger partial charge in [0.1, 0.15) is 0 Å². The number of nitrogens with one attached hydrogen (secondary N) is 2. The second-order valence-electron chi connectivity index (χ2n) is 4.00. The fraction of sp³-hybridized carbons (Fsp3) is 0.636. The standard InChI is InChI=1S/C11H18N4/c1-3-12-6-9-7-13-11(14-8(9)2)15-10-4-5-10/h7,10,12H,3-6H2,1-2H3,(H,13,14,15). The topological polar surface area (TPSA) is 49.8 Å². The molecule has 1 aromatic heterocycles.